The number of hydrogen-bond donors (Lipinski definition) is 0. The van der Waals surface area contributed by atoms with Crippen molar-refractivity contribution in [3.8, 4) is 0 Å². The molecule has 0 N–H and O–H groups in total. The first-order valence-corrected chi connectivity index (χ1v) is 4.63. The summed E-state index contributed by atoms with van der Waals surface area (Å²) in [6.07, 6.45) is 0.998. The lowest BCUT2D eigenvalue weighted by atomic mass is 10.1. The van der Waals surface area contributed by atoms with Crippen molar-refractivity contribution in [3.63, 3.8) is 0 Å². The highest BCUT2D eigenvalue weighted by Gasteiger charge is 2.09. The van der Waals surface area contributed by atoms with Crippen molar-refractivity contribution in [3.05, 3.63) is 35.1 Å². The predicted molar refractivity (Wildman–Crippen MR) is 49.9 cm³/mol. The Hall–Kier alpha value is -1.32. The summed E-state index contributed by atoms with van der Waals surface area (Å²) in [7, 11) is 0. The van der Waals surface area contributed by atoms with Gasteiger partial charge >= 0.3 is 0 Å². The second kappa shape index (κ2) is 4.96. The number of ketones is 1. The van der Waals surface area contributed by atoms with Gasteiger partial charge in [0.15, 0.2) is 11.6 Å². The molecule has 82 valence electrons. The molecule has 1 aromatic carbocycles. The molecule has 0 spiro atoms. The van der Waals surface area contributed by atoms with Gasteiger partial charge in [-0.05, 0) is 31.4 Å². The number of hydrogen-bond acceptors (Lipinski definition) is 1. The average Bonchev–Trinajstić information content (AvgIpc) is 2.13. The molecule has 0 amide bonds. The third-order valence-electron chi connectivity index (χ3n) is 2.06. The van der Waals surface area contributed by atoms with E-state index in [0.717, 1.165) is 6.07 Å². The number of Topliss-reactive ketones (excluding diaryl/α,β-unsaturated/α-hetero) is 1. The smallest absolute Gasteiger partial charge is 0.161 e. The molecular weight excluding hydrogens is 205 g/mol. The van der Waals surface area contributed by atoms with Crippen LogP contribution in [-0.4, -0.2) is 5.78 Å². The SMILES string of the molecule is CC(=O)CCCc1cc(F)c(F)cc1F. The van der Waals surface area contributed by atoms with Gasteiger partial charge < -0.3 is 4.79 Å². The van der Waals surface area contributed by atoms with E-state index in [1.165, 1.54) is 6.92 Å². The number of aryl methyl sites for hydroxylation is 1. The molecule has 0 aliphatic heterocycles. The number of rotatable bonds is 4. The minimum absolute atomic E-state index is 0.00186. The molecule has 15 heavy (non-hydrogen) atoms. The van der Waals surface area contributed by atoms with Crippen LogP contribution in [0.25, 0.3) is 0 Å². The predicted octanol–water partition coefficient (Wildman–Crippen LogP) is 3.02. The average molecular weight is 216 g/mol. The molecule has 1 aromatic rings. The third-order valence-corrected chi connectivity index (χ3v) is 2.06. The molecule has 1 rings (SSSR count). The van der Waals surface area contributed by atoms with Gasteiger partial charge in [-0.1, -0.05) is 0 Å². The van der Waals surface area contributed by atoms with Gasteiger partial charge in [-0.3, -0.25) is 0 Å². The van der Waals surface area contributed by atoms with Crippen molar-refractivity contribution in [2.24, 2.45) is 0 Å². The summed E-state index contributed by atoms with van der Waals surface area (Å²) in [6.45, 7) is 1.43. The normalized spacial score (nSPS) is 10.4. The maximum atomic E-state index is 13.1. The lowest BCUT2D eigenvalue weighted by molar-refractivity contribution is -0.117. The Bertz CT molecular complexity index is 374. The molecule has 0 atom stereocenters. The lowest BCUT2D eigenvalue weighted by Gasteiger charge is -2.03. The molecule has 0 aliphatic rings. The first kappa shape index (κ1) is 11.8. The van der Waals surface area contributed by atoms with Gasteiger partial charge in [-0.15, -0.1) is 0 Å². The van der Waals surface area contributed by atoms with E-state index in [1.54, 1.807) is 0 Å². The van der Waals surface area contributed by atoms with Crippen LogP contribution < -0.4 is 0 Å². The summed E-state index contributed by atoms with van der Waals surface area (Å²) in [6, 6.07) is 1.36. The number of benzene rings is 1. The molecule has 0 heterocycles. The van der Waals surface area contributed by atoms with E-state index in [1.807, 2.05) is 0 Å². The quantitative estimate of drug-likeness (QED) is 0.707. The van der Waals surface area contributed by atoms with Crippen LogP contribution in [0.5, 0.6) is 0 Å². The zero-order valence-corrected chi connectivity index (χ0v) is 8.32. The van der Waals surface area contributed by atoms with Crippen LogP contribution in [0.1, 0.15) is 25.3 Å². The number of halogens is 3. The third kappa shape index (κ3) is 3.38. The van der Waals surface area contributed by atoms with E-state index in [2.05, 4.69) is 0 Å². The van der Waals surface area contributed by atoms with E-state index < -0.39 is 17.5 Å². The molecule has 0 aromatic heterocycles. The zero-order chi connectivity index (χ0) is 11.4. The minimum atomic E-state index is -1.19. The highest BCUT2D eigenvalue weighted by molar-refractivity contribution is 5.75. The Morgan fingerprint density at radius 1 is 1.13 bits per heavy atom. The zero-order valence-electron chi connectivity index (χ0n) is 8.32. The number of carbonyl (C=O) groups is 1. The van der Waals surface area contributed by atoms with Gasteiger partial charge in [0.1, 0.15) is 11.6 Å². The van der Waals surface area contributed by atoms with E-state index in [4.69, 9.17) is 0 Å². The Morgan fingerprint density at radius 3 is 2.33 bits per heavy atom. The maximum absolute atomic E-state index is 13.1. The lowest BCUT2D eigenvalue weighted by Crippen LogP contribution is -1.98. The fourth-order valence-electron chi connectivity index (χ4n) is 1.28. The second-order valence-corrected chi connectivity index (χ2v) is 3.41. The maximum Gasteiger partial charge on any atom is 0.161 e. The Kier molecular flexibility index (Phi) is 3.88. The molecule has 1 nitrogen and oxygen atoms in total. The van der Waals surface area contributed by atoms with Crippen LogP contribution in [0, 0.1) is 17.5 Å². The van der Waals surface area contributed by atoms with Gasteiger partial charge in [-0.25, -0.2) is 13.2 Å². The molecular formula is C11H11F3O. The Balaban J connectivity index is 2.69. The first-order valence-electron chi connectivity index (χ1n) is 4.63. The molecule has 4 heteroatoms. The summed E-state index contributed by atoms with van der Waals surface area (Å²) >= 11 is 0. The topological polar surface area (TPSA) is 17.1 Å². The number of carbonyl (C=O) groups excluding carboxylic acids is 1. The van der Waals surface area contributed by atoms with Crippen molar-refractivity contribution >= 4 is 5.78 Å². The summed E-state index contributed by atoms with van der Waals surface area (Å²) in [5, 5.41) is 0. The second-order valence-electron chi connectivity index (χ2n) is 3.41. The summed E-state index contributed by atoms with van der Waals surface area (Å²) < 4.78 is 38.3. The fourth-order valence-corrected chi connectivity index (χ4v) is 1.28. The van der Waals surface area contributed by atoms with Crippen LogP contribution in [0.4, 0.5) is 13.2 Å². The molecule has 0 bridgehead atoms. The van der Waals surface area contributed by atoms with Crippen molar-refractivity contribution in [2.75, 3.05) is 0 Å². The van der Waals surface area contributed by atoms with Crippen LogP contribution in [0.3, 0.4) is 0 Å². The summed E-state index contributed by atoms with van der Waals surface area (Å²) in [5.41, 5.74) is 0.107. The van der Waals surface area contributed by atoms with E-state index in [-0.39, 0.29) is 17.8 Å². The van der Waals surface area contributed by atoms with Crippen molar-refractivity contribution < 1.29 is 18.0 Å². The van der Waals surface area contributed by atoms with Crippen LogP contribution >= 0.6 is 0 Å². The largest absolute Gasteiger partial charge is 0.300 e. The molecule has 0 saturated carbocycles. The minimum Gasteiger partial charge on any atom is -0.300 e. The van der Waals surface area contributed by atoms with E-state index in [9.17, 15) is 18.0 Å². The van der Waals surface area contributed by atoms with Crippen molar-refractivity contribution in [2.45, 2.75) is 26.2 Å². The summed E-state index contributed by atoms with van der Waals surface area (Å²) in [5.74, 6) is -3.02. The van der Waals surface area contributed by atoms with Gasteiger partial charge in [0.05, 0.1) is 0 Å². The van der Waals surface area contributed by atoms with E-state index >= 15 is 0 Å². The highest BCUT2D eigenvalue weighted by atomic mass is 19.2. The van der Waals surface area contributed by atoms with E-state index in [0.29, 0.717) is 18.9 Å². The van der Waals surface area contributed by atoms with Crippen LogP contribution in [-0.2, 0) is 11.2 Å². The van der Waals surface area contributed by atoms with Crippen LogP contribution in [0.15, 0.2) is 12.1 Å². The molecule has 0 unspecified atom stereocenters. The highest BCUT2D eigenvalue weighted by Crippen LogP contribution is 2.15. The first-order chi connectivity index (χ1) is 7.00. The monoisotopic (exact) mass is 216 g/mol. The van der Waals surface area contributed by atoms with Gasteiger partial charge in [-0.2, -0.15) is 0 Å². The Labute approximate surface area is 85.9 Å². The molecule has 0 fully saturated rings. The summed E-state index contributed by atoms with van der Waals surface area (Å²) in [4.78, 5) is 10.6. The van der Waals surface area contributed by atoms with Crippen molar-refractivity contribution in [1.82, 2.24) is 0 Å². The van der Waals surface area contributed by atoms with Crippen LogP contribution in [0.2, 0.25) is 0 Å². The molecule has 0 radical (unpaired) electrons. The molecule has 0 aliphatic carbocycles. The van der Waals surface area contributed by atoms with Gasteiger partial charge in [0.25, 0.3) is 0 Å². The van der Waals surface area contributed by atoms with Crippen molar-refractivity contribution in [1.29, 1.82) is 0 Å². The standard InChI is InChI=1S/C11H11F3O/c1-7(15)3-2-4-8-5-10(13)11(14)6-9(8)12/h5-6H,2-4H2,1H3. The fraction of sp³-hybridized carbons (Fsp3) is 0.364. The van der Waals surface area contributed by atoms with Gasteiger partial charge in [0, 0.05) is 12.5 Å². The van der Waals surface area contributed by atoms with Gasteiger partial charge in [0.2, 0.25) is 0 Å². The molecule has 0 saturated heterocycles. The Morgan fingerprint density at radius 2 is 1.73 bits per heavy atom.